The normalized spacial score (nSPS) is 12.6. The molecule has 0 aliphatic heterocycles. The summed E-state index contributed by atoms with van der Waals surface area (Å²) in [4.78, 5) is 19.5. The Balaban J connectivity index is 3.38. The molecule has 0 aromatic rings. The van der Waals surface area contributed by atoms with Crippen LogP contribution in [0.4, 0.5) is 0 Å². The molecule has 1 N–H and O–H groups in total. The average molecular weight is 134 g/mol. The molecule has 0 heterocycles. The van der Waals surface area contributed by atoms with Gasteiger partial charge in [-0.15, -0.1) is 0 Å². The van der Waals surface area contributed by atoms with Gasteiger partial charge in [-0.3, -0.25) is 4.79 Å². The summed E-state index contributed by atoms with van der Waals surface area (Å²) in [5.74, 6) is -1.00. The third kappa shape index (κ3) is 3.67. The lowest BCUT2D eigenvalue weighted by Crippen LogP contribution is -2.07. The number of aliphatic carboxylic acids is 1. The van der Waals surface area contributed by atoms with Crippen molar-refractivity contribution in [3.8, 4) is 0 Å². The summed E-state index contributed by atoms with van der Waals surface area (Å²) in [6.45, 7) is 0. The number of hydrogen-bond acceptors (Lipinski definition) is 3. The number of thiol groups is 1. The van der Waals surface area contributed by atoms with Gasteiger partial charge in [0.1, 0.15) is 6.29 Å². The maximum atomic E-state index is 9.76. The number of rotatable bonds is 3. The Morgan fingerprint density at radius 1 is 1.88 bits per heavy atom. The van der Waals surface area contributed by atoms with E-state index in [0.717, 1.165) is 0 Å². The van der Waals surface area contributed by atoms with Gasteiger partial charge in [0.2, 0.25) is 0 Å². The summed E-state index contributed by atoms with van der Waals surface area (Å²) >= 11 is 3.62. The van der Waals surface area contributed by atoms with Crippen molar-refractivity contribution < 1.29 is 14.7 Å². The van der Waals surface area contributed by atoms with Crippen LogP contribution in [0.2, 0.25) is 0 Å². The van der Waals surface area contributed by atoms with Gasteiger partial charge in [-0.25, -0.2) is 0 Å². The van der Waals surface area contributed by atoms with E-state index in [2.05, 4.69) is 12.6 Å². The minimum atomic E-state index is -1.00. The standard InChI is InChI=1S/C4H6O3S/c5-2-3(8)1-4(6)7/h2-3,8H,1H2,(H,6,7). The van der Waals surface area contributed by atoms with E-state index >= 15 is 0 Å². The van der Waals surface area contributed by atoms with Crippen molar-refractivity contribution in [1.82, 2.24) is 0 Å². The lowest BCUT2D eigenvalue weighted by Gasteiger charge is -1.92. The molecule has 46 valence electrons. The number of carboxylic acid groups (broad SMARTS) is 1. The molecule has 0 fully saturated rings. The summed E-state index contributed by atoms with van der Waals surface area (Å²) in [7, 11) is 0. The molecule has 0 aromatic carbocycles. The molecular formula is C4H6O3S. The zero-order valence-corrected chi connectivity index (χ0v) is 4.97. The molecule has 0 rings (SSSR count). The Bertz CT molecular complexity index is 101. The van der Waals surface area contributed by atoms with Crippen molar-refractivity contribution in [2.75, 3.05) is 0 Å². The highest BCUT2D eigenvalue weighted by Gasteiger charge is 2.04. The fourth-order valence-corrected chi connectivity index (χ4v) is 0.383. The molecular weight excluding hydrogens is 128 g/mol. The molecule has 0 spiro atoms. The lowest BCUT2D eigenvalue weighted by atomic mass is 10.3. The van der Waals surface area contributed by atoms with Gasteiger partial charge in [-0.05, 0) is 0 Å². The van der Waals surface area contributed by atoms with E-state index in [1.807, 2.05) is 0 Å². The van der Waals surface area contributed by atoms with Gasteiger partial charge in [-0.2, -0.15) is 12.6 Å². The Kier molecular flexibility index (Phi) is 3.26. The molecule has 1 atom stereocenters. The molecule has 0 saturated heterocycles. The number of carbonyl (C=O) groups is 2. The van der Waals surface area contributed by atoms with Gasteiger partial charge in [0.25, 0.3) is 0 Å². The van der Waals surface area contributed by atoms with Gasteiger partial charge in [0.15, 0.2) is 0 Å². The van der Waals surface area contributed by atoms with Gasteiger partial charge >= 0.3 is 5.97 Å². The highest BCUT2D eigenvalue weighted by molar-refractivity contribution is 7.81. The van der Waals surface area contributed by atoms with E-state index in [-0.39, 0.29) is 6.42 Å². The topological polar surface area (TPSA) is 54.4 Å². The SMILES string of the molecule is O=CC(S)CC(=O)O. The second-order valence-corrected chi connectivity index (χ2v) is 1.96. The van der Waals surface area contributed by atoms with Crippen LogP contribution < -0.4 is 0 Å². The fourth-order valence-electron chi connectivity index (χ4n) is 0.227. The number of hydrogen-bond donors (Lipinski definition) is 2. The van der Waals surface area contributed by atoms with Gasteiger partial charge in [0.05, 0.1) is 11.7 Å². The summed E-state index contributed by atoms with van der Waals surface area (Å²) in [6, 6.07) is 0. The minimum absolute atomic E-state index is 0.202. The Hall–Kier alpha value is -0.510. The molecule has 0 aliphatic carbocycles. The third-order valence-electron chi connectivity index (χ3n) is 0.541. The van der Waals surface area contributed by atoms with Crippen molar-refractivity contribution in [2.45, 2.75) is 11.7 Å². The van der Waals surface area contributed by atoms with Crippen LogP contribution in [0.3, 0.4) is 0 Å². The Morgan fingerprint density at radius 3 is 2.50 bits per heavy atom. The predicted octanol–water partition coefficient (Wildman–Crippen LogP) is -0.0416. The molecule has 0 aromatic heterocycles. The first kappa shape index (κ1) is 7.49. The van der Waals surface area contributed by atoms with Gasteiger partial charge in [-0.1, -0.05) is 0 Å². The van der Waals surface area contributed by atoms with Crippen LogP contribution in [0.1, 0.15) is 6.42 Å². The van der Waals surface area contributed by atoms with Crippen LogP contribution in [0, 0.1) is 0 Å². The molecule has 4 heteroatoms. The van der Waals surface area contributed by atoms with Crippen LogP contribution >= 0.6 is 12.6 Å². The monoisotopic (exact) mass is 134 g/mol. The fraction of sp³-hybridized carbons (Fsp3) is 0.500. The maximum Gasteiger partial charge on any atom is 0.304 e. The third-order valence-corrected chi connectivity index (χ3v) is 0.845. The highest BCUT2D eigenvalue weighted by atomic mass is 32.1. The van der Waals surface area contributed by atoms with Gasteiger partial charge < -0.3 is 9.90 Å². The van der Waals surface area contributed by atoms with Crippen LogP contribution in [-0.2, 0) is 9.59 Å². The van der Waals surface area contributed by atoms with E-state index in [1.54, 1.807) is 0 Å². The molecule has 8 heavy (non-hydrogen) atoms. The van der Waals surface area contributed by atoms with Crippen molar-refractivity contribution in [2.24, 2.45) is 0 Å². The number of aldehydes is 1. The molecule has 0 saturated carbocycles. The Labute approximate surface area is 52.1 Å². The zero-order chi connectivity index (χ0) is 6.57. The number of carboxylic acids is 1. The second kappa shape index (κ2) is 3.49. The summed E-state index contributed by atoms with van der Waals surface area (Å²) in [6.07, 6.45) is 0.295. The lowest BCUT2D eigenvalue weighted by molar-refractivity contribution is -0.137. The summed E-state index contributed by atoms with van der Waals surface area (Å²) < 4.78 is 0. The van der Waals surface area contributed by atoms with Crippen LogP contribution in [0.25, 0.3) is 0 Å². The van der Waals surface area contributed by atoms with Crippen molar-refractivity contribution in [1.29, 1.82) is 0 Å². The first-order valence-corrected chi connectivity index (χ1v) is 2.53. The Morgan fingerprint density at radius 2 is 2.38 bits per heavy atom. The molecule has 0 amide bonds. The minimum Gasteiger partial charge on any atom is -0.481 e. The van der Waals surface area contributed by atoms with Crippen LogP contribution in [0.5, 0.6) is 0 Å². The predicted molar refractivity (Wildman–Crippen MR) is 31.1 cm³/mol. The average Bonchev–Trinajstić information content (AvgIpc) is 1.65. The van der Waals surface area contributed by atoms with Crippen molar-refractivity contribution in [3.05, 3.63) is 0 Å². The summed E-state index contributed by atoms with van der Waals surface area (Å²) in [5.41, 5.74) is 0. The van der Waals surface area contributed by atoms with E-state index in [9.17, 15) is 9.59 Å². The summed E-state index contributed by atoms with van der Waals surface area (Å²) in [5, 5.41) is 7.35. The molecule has 0 aliphatic rings. The maximum absolute atomic E-state index is 9.76. The van der Waals surface area contributed by atoms with E-state index in [1.165, 1.54) is 0 Å². The van der Waals surface area contributed by atoms with E-state index in [4.69, 9.17) is 5.11 Å². The smallest absolute Gasteiger partial charge is 0.304 e. The number of carbonyl (C=O) groups excluding carboxylic acids is 1. The first-order valence-electron chi connectivity index (χ1n) is 2.02. The van der Waals surface area contributed by atoms with Crippen LogP contribution in [-0.4, -0.2) is 22.6 Å². The molecule has 3 nitrogen and oxygen atoms in total. The first-order chi connectivity index (χ1) is 3.66. The van der Waals surface area contributed by atoms with E-state index in [0.29, 0.717) is 6.29 Å². The highest BCUT2D eigenvalue weighted by Crippen LogP contribution is 1.95. The molecule has 0 bridgehead atoms. The van der Waals surface area contributed by atoms with Gasteiger partial charge in [0, 0.05) is 0 Å². The van der Waals surface area contributed by atoms with Crippen molar-refractivity contribution in [3.63, 3.8) is 0 Å². The quantitative estimate of drug-likeness (QED) is 0.420. The van der Waals surface area contributed by atoms with E-state index < -0.39 is 11.2 Å². The second-order valence-electron chi connectivity index (χ2n) is 1.30. The largest absolute Gasteiger partial charge is 0.481 e. The van der Waals surface area contributed by atoms with Crippen LogP contribution in [0.15, 0.2) is 0 Å². The molecule has 0 radical (unpaired) electrons. The molecule has 1 unspecified atom stereocenters. The van der Waals surface area contributed by atoms with Crippen molar-refractivity contribution >= 4 is 24.9 Å². The zero-order valence-electron chi connectivity index (χ0n) is 4.07.